The third-order valence-corrected chi connectivity index (χ3v) is 5.24. The van der Waals surface area contributed by atoms with Gasteiger partial charge in [0.05, 0.1) is 6.54 Å². The molecule has 0 heterocycles. The molecule has 0 bridgehead atoms. The minimum atomic E-state index is 0.143. The van der Waals surface area contributed by atoms with Crippen LogP contribution in [0.15, 0.2) is 0 Å². The van der Waals surface area contributed by atoms with E-state index in [1.54, 1.807) is 0 Å². The SMILES string of the molecule is CC1(C)C(CNC(=O)CNCC2CC2)C1(C)C. The second kappa shape index (κ2) is 4.27. The van der Waals surface area contributed by atoms with Crippen LogP contribution in [0.5, 0.6) is 0 Å². The van der Waals surface area contributed by atoms with E-state index in [1.165, 1.54) is 12.8 Å². The third-order valence-electron chi connectivity index (χ3n) is 5.24. The van der Waals surface area contributed by atoms with Crippen LogP contribution in [-0.2, 0) is 4.79 Å². The van der Waals surface area contributed by atoms with Gasteiger partial charge in [-0.2, -0.15) is 0 Å². The van der Waals surface area contributed by atoms with Gasteiger partial charge in [0, 0.05) is 6.54 Å². The lowest BCUT2D eigenvalue weighted by Gasteiger charge is -2.07. The Hall–Kier alpha value is -0.570. The molecule has 0 atom stereocenters. The molecule has 0 radical (unpaired) electrons. The van der Waals surface area contributed by atoms with E-state index in [9.17, 15) is 4.79 Å². The first-order chi connectivity index (χ1) is 7.85. The lowest BCUT2D eigenvalue weighted by Crippen LogP contribution is -2.36. The second-order valence-electron chi connectivity index (χ2n) is 6.87. The molecule has 3 heteroatoms. The van der Waals surface area contributed by atoms with Gasteiger partial charge in [-0.25, -0.2) is 0 Å². The van der Waals surface area contributed by atoms with Gasteiger partial charge in [0.25, 0.3) is 0 Å². The molecule has 2 aliphatic rings. The number of nitrogens with one attached hydrogen (secondary N) is 2. The Balaban J connectivity index is 1.60. The molecule has 98 valence electrons. The van der Waals surface area contributed by atoms with Crippen molar-refractivity contribution in [3.05, 3.63) is 0 Å². The fraction of sp³-hybridized carbons (Fsp3) is 0.929. The molecule has 0 aromatic heterocycles. The van der Waals surface area contributed by atoms with Crippen LogP contribution in [0.3, 0.4) is 0 Å². The first-order valence-corrected chi connectivity index (χ1v) is 6.83. The normalized spacial score (nSPS) is 25.6. The number of hydrogen-bond donors (Lipinski definition) is 2. The number of carbonyl (C=O) groups excluding carboxylic acids is 1. The van der Waals surface area contributed by atoms with Crippen molar-refractivity contribution in [1.29, 1.82) is 0 Å². The number of rotatable bonds is 6. The van der Waals surface area contributed by atoms with Crippen molar-refractivity contribution < 1.29 is 4.79 Å². The molecule has 2 N–H and O–H groups in total. The molecule has 0 aliphatic heterocycles. The predicted molar refractivity (Wildman–Crippen MR) is 69.7 cm³/mol. The highest BCUT2D eigenvalue weighted by Crippen LogP contribution is 2.67. The van der Waals surface area contributed by atoms with Gasteiger partial charge < -0.3 is 10.6 Å². The zero-order valence-electron chi connectivity index (χ0n) is 11.6. The van der Waals surface area contributed by atoms with Gasteiger partial charge in [0.1, 0.15) is 0 Å². The van der Waals surface area contributed by atoms with E-state index in [0.717, 1.165) is 19.0 Å². The Bertz CT molecular complexity index is 291. The van der Waals surface area contributed by atoms with Crippen molar-refractivity contribution in [2.75, 3.05) is 19.6 Å². The zero-order valence-corrected chi connectivity index (χ0v) is 11.6. The van der Waals surface area contributed by atoms with Crippen molar-refractivity contribution >= 4 is 5.91 Å². The van der Waals surface area contributed by atoms with Crippen LogP contribution in [0.2, 0.25) is 0 Å². The minimum Gasteiger partial charge on any atom is -0.355 e. The van der Waals surface area contributed by atoms with Crippen molar-refractivity contribution in [3.8, 4) is 0 Å². The second-order valence-corrected chi connectivity index (χ2v) is 6.87. The van der Waals surface area contributed by atoms with E-state index in [0.29, 0.717) is 23.3 Å². The van der Waals surface area contributed by atoms with Crippen LogP contribution in [0, 0.1) is 22.7 Å². The molecule has 2 aliphatic carbocycles. The molecule has 0 unspecified atom stereocenters. The highest BCUT2D eigenvalue weighted by molar-refractivity contribution is 5.78. The Morgan fingerprint density at radius 2 is 1.71 bits per heavy atom. The summed E-state index contributed by atoms with van der Waals surface area (Å²) in [6.07, 6.45) is 2.66. The molecule has 1 amide bonds. The topological polar surface area (TPSA) is 41.1 Å². The van der Waals surface area contributed by atoms with E-state index in [1.807, 2.05) is 0 Å². The summed E-state index contributed by atoms with van der Waals surface area (Å²) in [4.78, 5) is 11.6. The van der Waals surface area contributed by atoms with E-state index < -0.39 is 0 Å². The van der Waals surface area contributed by atoms with Crippen LogP contribution in [0.4, 0.5) is 0 Å². The average Bonchev–Trinajstić information content (AvgIpc) is 3.07. The summed E-state index contributed by atoms with van der Waals surface area (Å²) in [6, 6.07) is 0. The summed E-state index contributed by atoms with van der Waals surface area (Å²) in [5.74, 6) is 1.59. The highest BCUT2D eigenvalue weighted by atomic mass is 16.1. The van der Waals surface area contributed by atoms with Crippen LogP contribution < -0.4 is 10.6 Å². The van der Waals surface area contributed by atoms with Crippen LogP contribution in [0.1, 0.15) is 40.5 Å². The van der Waals surface area contributed by atoms with E-state index in [4.69, 9.17) is 0 Å². The largest absolute Gasteiger partial charge is 0.355 e. The van der Waals surface area contributed by atoms with Crippen LogP contribution in [0.25, 0.3) is 0 Å². The molecule has 2 rings (SSSR count). The van der Waals surface area contributed by atoms with Gasteiger partial charge in [0.2, 0.25) is 5.91 Å². The monoisotopic (exact) mass is 238 g/mol. The maximum Gasteiger partial charge on any atom is 0.233 e. The Kier molecular flexibility index (Phi) is 3.23. The lowest BCUT2D eigenvalue weighted by atomic mass is 10.0. The Labute approximate surface area is 105 Å². The molecular formula is C14H26N2O. The molecule has 0 saturated heterocycles. The van der Waals surface area contributed by atoms with E-state index in [-0.39, 0.29) is 5.91 Å². The quantitative estimate of drug-likeness (QED) is 0.740. The lowest BCUT2D eigenvalue weighted by molar-refractivity contribution is -0.120. The molecule has 2 fully saturated rings. The Morgan fingerprint density at radius 3 is 2.18 bits per heavy atom. The summed E-state index contributed by atoms with van der Waals surface area (Å²) >= 11 is 0. The van der Waals surface area contributed by atoms with Gasteiger partial charge in [-0.3, -0.25) is 4.79 Å². The molecule has 0 aromatic rings. The summed E-state index contributed by atoms with van der Waals surface area (Å²) in [7, 11) is 0. The highest BCUT2D eigenvalue weighted by Gasteiger charge is 2.64. The number of amides is 1. The molecule has 0 spiro atoms. The third kappa shape index (κ3) is 2.65. The fourth-order valence-corrected chi connectivity index (χ4v) is 2.83. The van der Waals surface area contributed by atoms with Gasteiger partial charge in [-0.05, 0) is 42.1 Å². The van der Waals surface area contributed by atoms with Gasteiger partial charge in [-0.15, -0.1) is 0 Å². The standard InChI is InChI=1S/C14H26N2O/c1-13(2)11(14(13,3)4)8-16-12(17)9-15-7-10-5-6-10/h10-11,15H,5-9H2,1-4H3,(H,16,17). The average molecular weight is 238 g/mol. The summed E-state index contributed by atoms with van der Waals surface area (Å²) in [5, 5.41) is 6.27. The molecule has 2 saturated carbocycles. The molecule has 17 heavy (non-hydrogen) atoms. The first-order valence-electron chi connectivity index (χ1n) is 6.83. The minimum absolute atomic E-state index is 0.143. The van der Waals surface area contributed by atoms with Crippen molar-refractivity contribution in [3.63, 3.8) is 0 Å². The number of carbonyl (C=O) groups is 1. The zero-order chi connectivity index (χ0) is 12.7. The summed E-state index contributed by atoms with van der Waals surface area (Å²) < 4.78 is 0. The summed E-state index contributed by atoms with van der Waals surface area (Å²) in [5.41, 5.74) is 0.726. The van der Waals surface area contributed by atoms with E-state index in [2.05, 4.69) is 38.3 Å². The van der Waals surface area contributed by atoms with Crippen LogP contribution >= 0.6 is 0 Å². The maximum absolute atomic E-state index is 11.6. The fourth-order valence-electron chi connectivity index (χ4n) is 2.83. The van der Waals surface area contributed by atoms with Gasteiger partial charge >= 0.3 is 0 Å². The summed E-state index contributed by atoms with van der Waals surface area (Å²) in [6.45, 7) is 11.5. The predicted octanol–water partition coefficient (Wildman–Crippen LogP) is 1.78. The Morgan fingerprint density at radius 1 is 1.12 bits per heavy atom. The maximum atomic E-state index is 11.6. The molecular weight excluding hydrogens is 212 g/mol. The smallest absolute Gasteiger partial charge is 0.233 e. The van der Waals surface area contributed by atoms with Gasteiger partial charge in [-0.1, -0.05) is 27.7 Å². The van der Waals surface area contributed by atoms with Crippen LogP contribution in [-0.4, -0.2) is 25.5 Å². The first kappa shape index (κ1) is 12.9. The number of hydrogen-bond acceptors (Lipinski definition) is 2. The van der Waals surface area contributed by atoms with E-state index >= 15 is 0 Å². The van der Waals surface area contributed by atoms with Crippen molar-refractivity contribution in [2.45, 2.75) is 40.5 Å². The van der Waals surface area contributed by atoms with Crippen molar-refractivity contribution in [2.24, 2.45) is 22.7 Å². The van der Waals surface area contributed by atoms with Gasteiger partial charge in [0.15, 0.2) is 0 Å². The molecule has 0 aromatic carbocycles. The van der Waals surface area contributed by atoms with Crippen molar-refractivity contribution in [1.82, 2.24) is 10.6 Å². The molecule has 3 nitrogen and oxygen atoms in total.